The molecule has 0 aliphatic heterocycles. The van der Waals surface area contributed by atoms with E-state index in [1.165, 1.54) is 0 Å². The largest absolute Gasteiger partial charge is 0.478 e. The minimum absolute atomic E-state index is 0.197. The molecule has 0 fully saturated rings. The van der Waals surface area contributed by atoms with Gasteiger partial charge in [0.1, 0.15) is 0 Å². The number of aryl methyl sites for hydroxylation is 1. The summed E-state index contributed by atoms with van der Waals surface area (Å²) in [6.45, 7) is 6.81. The number of anilines is 1. The van der Waals surface area contributed by atoms with Gasteiger partial charge >= 0.3 is 5.97 Å². The number of nitrogens with one attached hydrogen (secondary N) is 1. The molecule has 1 amide bonds. The first-order valence-corrected chi connectivity index (χ1v) is 6.36. The Morgan fingerprint density at radius 3 is 2.35 bits per heavy atom. The lowest BCUT2D eigenvalue weighted by Gasteiger charge is -2.05. The predicted molar refractivity (Wildman–Crippen MR) is 79.6 cm³/mol. The predicted octanol–water partition coefficient (Wildman–Crippen LogP) is 3.16. The van der Waals surface area contributed by atoms with E-state index in [1.54, 1.807) is 19.9 Å². The highest BCUT2D eigenvalue weighted by Gasteiger charge is 2.02. The highest BCUT2D eigenvalue weighted by atomic mass is 16.4. The van der Waals surface area contributed by atoms with Gasteiger partial charge in [-0.1, -0.05) is 24.8 Å². The second-order valence-corrected chi connectivity index (χ2v) is 4.66. The van der Waals surface area contributed by atoms with Gasteiger partial charge in [-0.25, -0.2) is 4.79 Å². The van der Waals surface area contributed by atoms with Crippen molar-refractivity contribution in [3.05, 3.63) is 53.6 Å². The highest BCUT2D eigenvalue weighted by molar-refractivity contribution is 6.02. The lowest BCUT2D eigenvalue weighted by Crippen LogP contribution is -2.11. The van der Waals surface area contributed by atoms with Gasteiger partial charge in [-0.3, -0.25) is 4.79 Å². The number of aliphatic carboxylic acids is 1. The normalized spacial score (nSPS) is 11.0. The number of rotatable bonds is 6. The van der Waals surface area contributed by atoms with Crippen LogP contribution in [0.4, 0.5) is 5.69 Å². The monoisotopic (exact) mass is 273 g/mol. The minimum Gasteiger partial charge on any atom is -0.478 e. The first-order valence-electron chi connectivity index (χ1n) is 6.36. The van der Waals surface area contributed by atoms with Crippen molar-refractivity contribution in [2.75, 3.05) is 5.32 Å². The van der Waals surface area contributed by atoms with Crippen LogP contribution in [0.15, 0.2) is 48.1 Å². The van der Waals surface area contributed by atoms with Gasteiger partial charge in [-0.2, -0.15) is 0 Å². The third kappa shape index (κ3) is 5.10. The van der Waals surface area contributed by atoms with Gasteiger partial charge in [-0.15, -0.1) is 0 Å². The summed E-state index contributed by atoms with van der Waals surface area (Å²) in [6, 6.07) is 7.48. The summed E-state index contributed by atoms with van der Waals surface area (Å²) in [5.74, 6) is -1.08. The maximum Gasteiger partial charge on any atom is 0.330 e. The highest BCUT2D eigenvalue weighted by Crippen LogP contribution is 2.12. The van der Waals surface area contributed by atoms with Crippen LogP contribution in [-0.4, -0.2) is 17.0 Å². The Morgan fingerprint density at radius 1 is 1.25 bits per heavy atom. The molecule has 1 aromatic rings. The Morgan fingerprint density at radius 2 is 1.85 bits per heavy atom. The molecule has 0 unspecified atom stereocenters. The summed E-state index contributed by atoms with van der Waals surface area (Å²) >= 11 is 0. The molecule has 4 heteroatoms. The molecule has 2 N–H and O–H groups in total. The summed E-state index contributed by atoms with van der Waals surface area (Å²) in [4.78, 5) is 22.1. The van der Waals surface area contributed by atoms with Crippen molar-refractivity contribution in [3.8, 4) is 0 Å². The van der Waals surface area contributed by atoms with Crippen LogP contribution in [0.2, 0.25) is 0 Å². The maximum absolute atomic E-state index is 11.4. The fourth-order valence-corrected chi connectivity index (χ4v) is 1.54. The summed E-state index contributed by atoms with van der Waals surface area (Å²) < 4.78 is 0. The molecule has 0 radical (unpaired) electrons. The van der Waals surface area contributed by atoms with E-state index >= 15 is 0 Å². The van der Waals surface area contributed by atoms with Crippen molar-refractivity contribution < 1.29 is 14.7 Å². The summed E-state index contributed by atoms with van der Waals surface area (Å²) in [7, 11) is 0. The van der Waals surface area contributed by atoms with Crippen molar-refractivity contribution >= 4 is 17.6 Å². The second-order valence-electron chi connectivity index (χ2n) is 4.66. The van der Waals surface area contributed by atoms with E-state index < -0.39 is 5.97 Å². The average Bonchev–Trinajstić information content (AvgIpc) is 2.40. The van der Waals surface area contributed by atoms with E-state index in [-0.39, 0.29) is 5.91 Å². The topological polar surface area (TPSA) is 66.4 Å². The van der Waals surface area contributed by atoms with E-state index in [0.717, 1.165) is 17.7 Å². The van der Waals surface area contributed by atoms with Gasteiger partial charge in [0, 0.05) is 16.8 Å². The van der Waals surface area contributed by atoms with Gasteiger partial charge in [0.25, 0.3) is 5.91 Å². The van der Waals surface area contributed by atoms with Gasteiger partial charge in [-0.05, 0) is 44.4 Å². The zero-order valence-electron chi connectivity index (χ0n) is 11.8. The number of carboxylic acid groups (broad SMARTS) is 1. The molecule has 0 aliphatic carbocycles. The Kier molecular flexibility index (Phi) is 5.72. The van der Waals surface area contributed by atoms with Crippen molar-refractivity contribution in [3.63, 3.8) is 0 Å². The van der Waals surface area contributed by atoms with Crippen molar-refractivity contribution in [2.45, 2.75) is 26.7 Å². The number of amides is 1. The number of hydrogen-bond acceptors (Lipinski definition) is 2. The van der Waals surface area contributed by atoms with Gasteiger partial charge in [0.2, 0.25) is 0 Å². The molecule has 0 aromatic heterocycles. The summed E-state index contributed by atoms with van der Waals surface area (Å²) in [5, 5.41) is 11.5. The number of carboxylic acids is 1. The minimum atomic E-state index is -0.886. The van der Waals surface area contributed by atoms with Crippen LogP contribution < -0.4 is 5.32 Å². The Bertz CT molecular complexity index is 541. The lowest BCUT2D eigenvalue weighted by molar-refractivity contribution is -0.132. The molecule has 0 bridgehead atoms. The summed E-state index contributed by atoms with van der Waals surface area (Å²) in [5.41, 5.74) is 2.63. The van der Waals surface area contributed by atoms with Gasteiger partial charge in [0.15, 0.2) is 0 Å². The molecule has 0 heterocycles. The molecule has 1 aromatic carbocycles. The molecular formula is C16H19NO3. The molecule has 0 spiro atoms. The quantitative estimate of drug-likeness (QED) is 0.782. The molecule has 20 heavy (non-hydrogen) atoms. The van der Waals surface area contributed by atoms with Gasteiger partial charge < -0.3 is 10.4 Å². The average molecular weight is 273 g/mol. The molecule has 4 nitrogen and oxygen atoms in total. The van der Waals surface area contributed by atoms with Crippen molar-refractivity contribution in [1.82, 2.24) is 0 Å². The zero-order chi connectivity index (χ0) is 15.1. The van der Waals surface area contributed by atoms with Crippen LogP contribution in [0.25, 0.3) is 0 Å². The fraction of sp³-hybridized carbons (Fsp3) is 0.250. The van der Waals surface area contributed by atoms with E-state index in [4.69, 9.17) is 5.11 Å². The van der Waals surface area contributed by atoms with E-state index in [0.29, 0.717) is 17.6 Å². The molecule has 0 saturated heterocycles. The third-order valence-electron chi connectivity index (χ3n) is 2.82. The van der Waals surface area contributed by atoms with Crippen LogP contribution in [0.1, 0.15) is 25.8 Å². The molecule has 0 aliphatic rings. The first-order chi connectivity index (χ1) is 9.40. The molecule has 106 valence electrons. The number of hydrogen-bond donors (Lipinski definition) is 2. The summed E-state index contributed by atoms with van der Waals surface area (Å²) in [6.07, 6.45) is 3.15. The van der Waals surface area contributed by atoms with E-state index in [2.05, 4.69) is 11.9 Å². The van der Waals surface area contributed by atoms with Crippen LogP contribution in [0.5, 0.6) is 0 Å². The first kappa shape index (κ1) is 15.7. The van der Waals surface area contributed by atoms with Crippen LogP contribution in [0, 0.1) is 0 Å². The molecule has 0 atom stereocenters. The number of benzene rings is 1. The molecule has 1 rings (SSSR count). The Labute approximate surface area is 118 Å². The lowest BCUT2D eigenvalue weighted by atomic mass is 10.1. The van der Waals surface area contributed by atoms with Crippen LogP contribution >= 0.6 is 0 Å². The zero-order valence-corrected chi connectivity index (χ0v) is 11.8. The Hall–Kier alpha value is -2.36. The van der Waals surface area contributed by atoms with E-state index in [1.807, 2.05) is 24.3 Å². The molecule has 0 saturated carbocycles. The molecular weight excluding hydrogens is 254 g/mol. The fourth-order valence-electron chi connectivity index (χ4n) is 1.54. The van der Waals surface area contributed by atoms with Crippen LogP contribution in [-0.2, 0) is 16.0 Å². The van der Waals surface area contributed by atoms with Crippen molar-refractivity contribution in [1.29, 1.82) is 0 Å². The van der Waals surface area contributed by atoms with Crippen molar-refractivity contribution in [2.24, 2.45) is 0 Å². The number of carbonyl (C=O) groups excluding carboxylic acids is 1. The van der Waals surface area contributed by atoms with Crippen LogP contribution in [0.3, 0.4) is 0 Å². The smallest absolute Gasteiger partial charge is 0.330 e. The van der Waals surface area contributed by atoms with Gasteiger partial charge in [0.05, 0.1) is 0 Å². The number of carbonyl (C=O) groups is 2. The SMILES string of the molecule is C=C(C)C(=O)Nc1ccc(CCC=C(C)C(=O)O)cc1. The third-order valence-corrected chi connectivity index (χ3v) is 2.82. The second kappa shape index (κ2) is 7.28. The maximum atomic E-state index is 11.4. The van der Waals surface area contributed by atoms with E-state index in [9.17, 15) is 9.59 Å². The standard InChI is InChI=1S/C16H19NO3/c1-11(2)15(18)17-14-9-7-13(8-10-14)6-4-5-12(3)16(19)20/h5,7-10H,1,4,6H2,2-3H3,(H,17,18)(H,19,20). The Balaban J connectivity index is 2.55. The number of allylic oxidation sites excluding steroid dienone is 1.